The molecule has 0 saturated heterocycles. The van der Waals surface area contributed by atoms with Gasteiger partial charge in [0.15, 0.2) is 11.7 Å². The first-order chi connectivity index (χ1) is 9.56. The highest BCUT2D eigenvalue weighted by molar-refractivity contribution is 9.10. The zero-order chi connectivity index (χ0) is 14.5. The maximum Gasteiger partial charge on any atom is 0.194 e. The molecule has 0 unspecified atom stereocenters. The topological polar surface area (TPSA) is 38.1 Å². The van der Waals surface area contributed by atoms with E-state index in [0.717, 1.165) is 23.9 Å². The quantitative estimate of drug-likeness (QED) is 0.802. The Hall–Kier alpha value is -1.20. The lowest BCUT2D eigenvalue weighted by Gasteiger charge is -2.06. The Balaban J connectivity index is 2.00. The molecule has 0 aliphatic rings. The monoisotopic (exact) mass is 340 g/mol. The number of halogens is 2. The standard InChI is InChI=1S/C15H18BrFN2O/c1-10(2)18-7-3-4-15-19-9-14(20-15)12-8-11(17)5-6-13(12)16/h5-6,8-10,18H,3-4,7H2,1-2H3. The number of oxazole rings is 1. The van der Waals surface area contributed by atoms with Crippen LogP contribution in [0.1, 0.15) is 26.2 Å². The summed E-state index contributed by atoms with van der Waals surface area (Å²) >= 11 is 3.39. The number of hydrogen-bond acceptors (Lipinski definition) is 3. The van der Waals surface area contributed by atoms with E-state index in [4.69, 9.17) is 4.42 Å². The second kappa shape index (κ2) is 6.99. The molecule has 0 amide bonds. The van der Waals surface area contributed by atoms with Gasteiger partial charge in [-0.05, 0) is 31.2 Å². The highest BCUT2D eigenvalue weighted by Crippen LogP contribution is 2.29. The minimum atomic E-state index is -0.290. The largest absolute Gasteiger partial charge is 0.441 e. The Labute approximate surface area is 126 Å². The first-order valence-corrected chi connectivity index (χ1v) is 7.49. The van der Waals surface area contributed by atoms with Crippen molar-refractivity contribution in [2.45, 2.75) is 32.7 Å². The minimum absolute atomic E-state index is 0.290. The van der Waals surface area contributed by atoms with Crippen LogP contribution in [0.2, 0.25) is 0 Å². The normalized spacial score (nSPS) is 11.2. The fourth-order valence-electron chi connectivity index (χ4n) is 1.87. The van der Waals surface area contributed by atoms with E-state index < -0.39 is 0 Å². The lowest BCUT2D eigenvalue weighted by molar-refractivity contribution is 0.484. The third-order valence-corrected chi connectivity index (χ3v) is 3.56. The van der Waals surface area contributed by atoms with Crippen LogP contribution in [0.15, 0.2) is 33.3 Å². The highest BCUT2D eigenvalue weighted by atomic mass is 79.9. The van der Waals surface area contributed by atoms with Gasteiger partial charge in [0.1, 0.15) is 5.82 Å². The first kappa shape index (κ1) is 15.2. The van der Waals surface area contributed by atoms with Crippen LogP contribution in [0.3, 0.4) is 0 Å². The summed E-state index contributed by atoms with van der Waals surface area (Å²) in [6.07, 6.45) is 3.37. The lowest BCUT2D eigenvalue weighted by atomic mass is 10.2. The van der Waals surface area contributed by atoms with Crippen molar-refractivity contribution in [1.82, 2.24) is 10.3 Å². The van der Waals surface area contributed by atoms with Crippen molar-refractivity contribution >= 4 is 15.9 Å². The number of hydrogen-bond donors (Lipinski definition) is 1. The average molecular weight is 341 g/mol. The first-order valence-electron chi connectivity index (χ1n) is 6.70. The summed E-state index contributed by atoms with van der Waals surface area (Å²) in [4.78, 5) is 4.24. The zero-order valence-electron chi connectivity index (χ0n) is 11.6. The molecule has 1 heterocycles. The van der Waals surface area contributed by atoms with E-state index >= 15 is 0 Å². The number of aryl methyl sites for hydroxylation is 1. The smallest absolute Gasteiger partial charge is 0.194 e. The molecule has 3 nitrogen and oxygen atoms in total. The molecule has 0 spiro atoms. The predicted molar refractivity (Wildman–Crippen MR) is 81.1 cm³/mol. The molecule has 0 fully saturated rings. The molecule has 5 heteroatoms. The van der Waals surface area contributed by atoms with Crippen molar-refractivity contribution in [2.24, 2.45) is 0 Å². The van der Waals surface area contributed by atoms with Gasteiger partial charge in [0.2, 0.25) is 0 Å². The maximum absolute atomic E-state index is 13.3. The second-order valence-electron chi connectivity index (χ2n) is 4.95. The summed E-state index contributed by atoms with van der Waals surface area (Å²) in [5.41, 5.74) is 0.684. The number of rotatable bonds is 6. The molecular weight excluding hydrogens is 323 g/mol. The van der Waals surface area contributed by atoms with Crippen LogP contribution in [-0.2, 0) is 6.42 Å². The van der Waals surface area contributed by atoms with Crippen molar-refractivity contribution in [3.63, 3.8) is 0 Å². The van der Waals surface area contributed by atoms with Crippen LogP contribution in [0, 0.1) is 5.82 Å². The van der Waals surface area contributed by atoms with Gasteiger partial charge in [-0.25, -0.2) is 9.37 Å². The summed E-state index contributed by atoms with van der Waals surface area (Å²) in [6.45, 7) is 5.16. The van der Waals surface area contributed by atoms with Gasteiger partial charge in [-0.3, -0.25) is 0 Å². The Kier molecular flexibility index (Phi) is 5.31. The molecule has 0 bridgehead atoms. The summed E-state index contributed by atoms with van der Waals surface area (Å²) < 4.78 is 19.7. The number of nitrogens with zero attached hydrogens (tertiary/aromatic N) is 1. The second-order valence-corrected chi connectivity index (χ2v) is 5.81. The van der Waals surface area contributed by atoms with Crippen molar-refractivity contribution in [2.75, 3.05) is 6.54 Å². The van der Waals surface area contributed by atoms with Crippen molar-refractivity contribution in [1.29, 1.82) is 0 Å². The fraction of sp³-hybridized carbons (Fsp3) is 0.400. The molecule has 1 aromatic carbocycles. The van der Waals surface area contributed by atoms with Gasteiger partial charge in [-0.15, -0.1) is 0 Å². The number of benzene rings is 1. The SMILES string of the molecule is CC(C)NCCCc1ncc(-c2cc(F)ccc2Br)o1. The molecule has 0 radical (unpaired) electrons. The molecule has 108 valence electrons. The zero-order valence-corrected chi connectivity index (χ0v) is 13.2. The third-order valence-electron chi connectivity index (χ3n) is 2.87. The lowest BCUT2D eigenvalue weighted by Crippen LogP contribution is -2.23. The van der Waals surface area contributed by atoms with Crippen LogP contribution in [0.25, 0.3) is 11.3 Å². The van der Waals surface area contributed by atoms with Crippen molar-refractivity contribution in [3.8, 4) is 11.3 Å². The molecule has 0 aliphatic carbocycles. The van der Waals surface area contributed by atoms with Crippen molar-refractivity contribution in [3.05, 3.63) is 40.6 Å². The van der Waals surface area contributed by atoms with E-state index in [2.05, 4.69) is 40.1 Å². The van der Waals surface area contributed by atoms with Gasteiger partial charge < -0.3 is 9.73 Å². The maximum atomic E-state index is 13.3. The third kappa shape index (κ3) is 4.15. The summed E-state index contributed by atoms with van der Waals surface area (Å²) in [5.74, 6) is 0.979. The van der Waals surface area contributed by atoms with E-state index in [9.17, 15) is 4.39 Å². The Morgan fingerprint density at radius 2 is 2.20 bits per heavy atom. The predicted octanol–water partition coefficient (Wildman–Crippen LogP) is 4.17. The van der Waals surface area contributed by atoms with E-state index in [1.165, 1.54) is 12.1 Å². The van der Waals surface area contributed by atoms with Gasteiger partial charge >= 0.3 is 0 Å². The number of aromatic nitrogens is 1. The molecule has 20 heavy (non-hydrogen) atoms. The van der Waals surface area contributed by atoms with Gasteiger partial charge in [0.25, 0.3) is 0 Å². The van der Waals surface area contributed by atoms with E-state index in [1.54, 1.807) is 12.3 Å². The fourth-order valence-corrected chi connectivity index (χ4v) is 2.31. The highest BCUT2D eigenvalue weighted by Gasteiger charge is 2.10. The van der Waals surface area contributed by atoms with E-state index in [-0.39, 0.29) is 5.82 Å². The van der Waals surface area contributed by atoms with Gasteiger partial charge in [-0.1, -0.05) is 29.8 Å². The summed E-state index contributed by atoms with van der Waals surface area (Å²) in [5, 5.41) is 3.34. The Bertz CT molecular complexity index is 569. The van der Waals surface area contributed by atoms with E-state index in [1.807, 2.05) is 0 Å². The number of nitrogens with one attached hydrogen (secondary N) is 1. The van der Waals surface area contributed by atoms with Gasteiger partial charge in [-0.2, -0.15) is 0 Å². The van der Waals surface area contributed by atoms with Gasteiger partial charge in [0, 0.05) is 22.5 Å². The Morgan fingerprint density at radius 1 is 1.40 bits per heavy atom. The Morgan fingerprint density at radius 3 is 2.95 bits per heavy atom. The van der Waals surface area contributed by atoms with Gasteiger partial charge in [0.05, 0.1) is 6.20 Å². The molecule has 2 rings (SSSR count). The minimum Gasteiger partial charge on any atom is -0.441 e. The molecule has 2 aromatic rings. The van der Waals surface area contributed by atoms with E-state index in [0.29, 0.717) is 23.3 Å². The van der Waals surface area contributed by atoms with Crippen LogP contribution in [0.5, 0.6) is 0 Å². The summed E-state index contributed by atoms with van der Waals surface area (Å²) in [7, 11) is 0. The van der Waals surface area contributed by atoms with Crippen LogP contribution in [0.4, 0.5) is 4.39 Å². The van der Waals surface area contributed by atoms with Crippen LogP contribution < -0.4 is 5.32 Å². The average Bonchev–Trinajstić information content (AvgIpc) is 2.86. The molecule has 1 N–H and O–H groups in total. The molecule has 0 aliphatic heterocycles. The molecule has 0 atom stereocenters. The molecule has 0 saturated carbocycles. The van der Waals surface area contributed by atoms with Crippen LogP contribution in [-0.4, -0.2) is 17.6 Å². The summed E-state index contributed by atoms with van der Waals surface area (Å²) in [6, 6.07) is 5.00. The molecule has 1 aromatic heterocycles. The molecular formula is C15H18BrFN2O. The van der Waals surface area contributed by atoms with Crippen molar-refractivity contribution < 1.29 is 8.81 Å². The van der Waals surface area contributed by atoms with Crippen LogP contribution >= 0.6 is 15.9 Å².